The van der Waals surface area contributed by atoms with Gasteiger partial charge in [0.05, 0.1) is 0 Å². The van der Waals surface area contributed by atoms with Gasteiger partial charge in [0.15, 0.2) is 0 Å². The van der Waals surface area contributed by atoms with Crippen LogP contribution in [-0.4, -0.2) is 19.2 Å². The molecule has 0 aromatic heterocycles. The molecule has 3 heteroatoms. The number of nitrogens with one attached hydrogen (secondary N) is 1. The van der Waals surface area contributed by atoms with Crippen LogP contribution >= 0.6 is 0 Å². The van der Waals surface area contributed by atoms with Gasteiger partial charge in [0.1, 0.15) is 5.75 Å². The van der Waals surface area contributed by atoms with Crippen molar-refractivity contribution >= 4 is 11.4 Å². The number of phenols is 1. The summed E-state index contributed by atoms with van der Waals surface area (Å²) < 4.78 is 0. The number of aryl methyl sites for hydroxylation is 1. The molecule has 1 unspecified atom stereocenters. The van der Waals surface area contributed by atoms with E-state index >= 15 is 0 Å². The van der Waals surface area contributed by atoms with Gasteiger partial charge < -0.3 is 15.3 Å². The van der Waals surface area contributed by atoms with Crippen LogP contribution in [0.15, 0.2) is 42.5 Å². The van der Waals surface area contributed by atoms with Crippen LogP contribution in [0.2, 0.25) is 0 Å². The number of hydrogen-bond acceptors (Lipinski definition) is 3. The SMILES string of the molecule is CCc1ccc(N(C)c2ccc(C(C)NC)c(O)c2)cc1. The predicted molar refractivity (Wildman–Crippen MR) is 89.5 cm³/mol. The largest absolute Gasteiger partial charge is 0.508 e. The van der Waals surface area contributed by atoms with Crippen LogP contribution in [-0.2, 0) is 6.42 Å². The summed E-state index contributed by atoms with van der Waals surface area (Å²) in [5, 5.41) is 13.3. The van der Waals surface area contributed by atoms with Crippen LogP contribution in [0.5, 0.6) is 5.75 Å². The average Bonchev–Trinajstić information content (AvgIpc) is 2.53. The van der Waals surface area contributed by atoms with Crippen LogP contribution in [0.1, 0.15) is 31.0 Å². The van der Waals surface area contributed by atoms with Gasteiger partial charge in [0, 0.05) is 36.1 Å². The Labute approximate surface area is 127 Å². The Bertz CT molecular complexity index is 593. The molecule has 2 rings (SSSR count). The Balaban J connectivity index is 2.26. The number of rotatable bonds is 5. The number of phenolic OH excluding ortho intramolecular Hbond substituents is 1. The molecular formula is C18H24N2O. The first-order chi connectivity index (χ1) is 10.1. The molecule has 0 aliphatic heterocycles. The summed E-state index contributed by atoms with van der Waals surface area (Å²) in [5.74, 6) is 0.325. The quantitative estimate of drug-likeness (QED) is 0.871. The molecule has 3 nitrogen and oxygen atoms in total. The van der Waals surface area contributed by atoms with Crippen LogP contribution in [0, 0.1) is 0 Å². The fourth-order valence-corrected chi connectivity index (χ4v) is 2.37. The number of nitrogens with zero attached hydrogens (tertiary/aromatic N) is 1. The molecule has 112 valence electrons. The molecule has 0 fully saturated rings. The first-order valence-electron chi connectivity index (χ1n) is 7.39. The minimum Gasteiger partial charge on any atom is -0.508 e. The van der Waals surface area contributed by atoms with E-state index in [9.17, 15) is 5.11 Å². The minimum atomic E-state index is 0.133. The fraction of sp³-hybridized carbons (Fsp3) is 0.333. The molecule has 0 aliphatic rings. The van der Waals surface area contributed by atoms with E-state index in [4.69, 9.17) is 0 Å². The Hall–Kier alpha value is -2.00. The summed E-state index contributed by atoms with van der Waals surface area (Å²) in [6.45, 7) is 4.18. The third-order valence-corrected chi connectivity index (χ3v) is 4.03. The first-order valence-corrected chi connectivity index (χ1v) is 7.39. The summed E-state index contributed by atoms with van der Waals surface area (Å²) in [6.07, 6.45) is 1.04. The van der Waals surface area contributed by atoms with Gasteiger partial charge in [-0.3, -0.25) is 0 Å². The third kappa shape index (κ3) is 3.37. The topological polar surface area (TPSA) is 35.5 Å². The first kappa shape index (κ1) is 15.4. The summed E-state index contributed by atoms with van der Waals surface area (Å²) in [4.78, 5) is 2.08. The molecule has 2 aromatic rings. The lowest BCUT2D eigenvalue weighted by Gasteiger charge is -2.21. The van der Waals surface area contributed by atoms with Crippen molar-refractivity contribution in [1.82, 2.24) is 5.32 Å². The van der Waals surface area contributed by atoms with Crippen molar-refractivity contribution in [3.05, 3.63) is 53.6 Å². The molecule has 21 heavy (non-hydrogen) atoms. The third-order valence-electron chi connectivity index (χ3n) is 4.03. The van der Waals surface area contributed by atoms with Gasteiger partial charge in [-0.15, -0.1) is 0 Å². The molecule has 2 aromatic carbocycles. The maximum Gasteiger partial charge on any atom is 0.122 e. The lowest BCUT2D eigenvalue weighted by Crippen LogP contribution is -2.13. The molecule has 0 bridgehead atoms. The highest BCUT2D eigenvalue weighted by Crippen LogP contribution is 2.31. The van der Waals surface area contributed by atoms with Crippen molar-refractivity contribution in [2.75, 3.05) is 19.0 Å². The fourth-order valence-electron chi connectivity index (χ4n) is 2.37. The van der Waals surface area contributed by atoms with Crippen LogP contribution in [0.25, 0.3) is 0 Å². The van der Waals surface area contributed by atoms with Gasteiger partial charge in [-0.2, -0.15) is 0 Å². The second-order valence-electron chi connectivity index (χ2n) is 5.33. The van der Waals surface area contributed by atoms with E-state index in [-0.39, 0.29) is 6.04 Å². The highest BCUT2D eigenvalue weighted by atomic mass is 16.3. The Morgan fingerprint density at radius 2 is 1.71 bits per heavy atom. The van der Waals surface area contributed by atoms with Gasteiger partial charge in [-0.05, 0) is 44.2 Å². The molecule has 0 spiro atoms. The van der Waals surface area contributed by atoms with Crippen molar-refractivity contribution in [3.63, 3.8) is 0 Å². The molecule has 0 radical (unpaired) electrons. The normalized spacial score (nSPS) is 12.2. The maximum atomic E-state index is 10.2. The Kier molecular flexibility index (Phi) is 4.86. The zero-order chi connectivity index (χ0) is 15.4. The van der Waals surface area contributed by atoms with Gasteiger partial charge in [0.2, 0.25) is 0 Å². The van der Waals surface area contributed by atoms with Gasteiger partial charge in [-0.1, -0.05) is 25.1 Å². The van der Waals surface area contributed by atoms with E-state index < -0.39 is 0 Å². The van der Waals surface area contributed by atoms with Crippen molar-refractivity contribution in [3.8, 4) is 5.75 Å². The summed E-state index contributed by atoms with van der Waals surface area (Å²) in [5.41, 5.74) is 4.33. The lowest BCUT2D eigenvalue weighted by molar-refractivity contribution is 0.458. The number of hydrogen-bond donors (Lipinski definition) is 2. The van der Waals surface area contributed by atoms with Crippen LogP contribution in [0.4, 0.5) is 11.4 Å². The van der Waals surface area contributed by atoms with Gasteiger partial charge in [-0.25, -0.2) is 0 Å². The predicted octanol–water partition coefficient (Wildman–Crippen LogP) is 4.00. The molecule has 0 saturated carbocycles. The zero-order valence-corrected chi connectivity index (χ0v) is 13.2. The van der Waals surface area contributed by atoms with Crippen LogP contribution in [0.3, 0.4) is 0 Å². The van der Waals surface area contributed by atoms with E-state index in [1.165, 1.54) is 5.56 Å². The van der Waals surface area contributed by atoms with Gasteiger partial charge in [0.25, 0.3) is 0 Å². The minimum absolute atomic E-state index is 0.133. The van der Waals surface area contributed by atoms with Crippen molar-refractivity contribution in [2.24, 2.45) is 0 Å². The lowest BCUT2D eigenvalue weighted by atomic mass is 10.1. The standard InChI is InChI=1S/C18H24N2O/c1-5-14-6-8-15(9-7-14)20(4)16-10-11-17(13(2)19-3)18(21)12-16/h6-13,19,21H,5H2,1-4H3. The van der Waals surface area contributed by atoms with E-state index in [2.05, 4.69) is 41.4 Å². The number of anilines is 2. The van der Waals surface area contributed by atoms with Crippen molar-refractivity contribution in [2.45, 2.75) is 26.3 Å². The van der Waals surface area contributed by atoms with E-state index in [1.54, 1.807) is 0 Å². The summed E-state index contributed by atoms with van der Waals surface area (Å²) in [6, 6.07) is 14.5. The molecule has 0 heterocycles. The number of aromatic hydroxyl groups is 1. The smallest absolute Gasteiger partial charge is 0.122 e. The summed E-state index contributed by atoms with van der Waals surface area (Å²) >= 11 is 0. The van der Waals surface area contributed by atoms with E-state index in [0.29, 0.717) is 5.75 Å². The molecule has 0 saturated heterocycles. The van der Waals surface area contributed by atoms with Crippen molar-refractivity contribution < 1.29 is 5.11 Å². The van der Waals surface area contributed by atoms with Crippen LogP contribution < -0.4 is 10.2 Å². The maximum absolute atomic E-state index is 10.2. The molecular weight excluding hydrogens is 260 g/mol. The second kappa shape index (κ2) is 6.64. The van der Waals surface area contributed by atoms with E-state index in [1.807, 2.05) is 39.2 Å². The molecule has 0 amide bonds. The molecule has 1 atom stereocenters. The monoisotopic (exact) mass is 284 g/mol. The highest BCUT2D eigenvalue weighted by Gasteiger charge is 2.11. The molecule has 0 aliphatic carbocycles. The summed E-state index contributed by atoms with van der Waals surface area (Å²) in [7, 11) is 3.90. The Morgan fingerprint density at radius 1 is 1.10 bits per heavy atom. The zero-order valence-electron chi connectivity index (χ0n) is 13.2. The number of benzene rings is 2. The Morgan fingerprint density at radius 3 is 2.24 bits per heavy atom. The second-order valence-corrected chi connectivity index (χ2v) is 5.33. The van der Waals surface area contributed by atoms with Crippen molar-refractivity contribution in [1.29, 1.82) is 0 Å². The highest BCUT2D eigenvalue weighted by molar-refractivity contribution is 5.65. The average molecular weight is 284 g/mol. The van der Waals surface area contributed by atoms with E-state index in [0.717, 1.165) is 23.4 Å². The molecule has 2 N–H and O–H groups in total. The van der Waals surface area contributed by atoms with Gasteiger partial charge >= 0.3 is 0 Å².